The zero-order valence-electron chi connectivity index (χ0n) is 16.1. The Labute approximate surface area is 182 Å². The molecular formula is C21H18Cl2N2O5. The van der Waals surface area contributed by atoms with E-state index in [-0.39, 0.29) is 5.76 Å². The summed E-state index contributed by atoms with van der Waals surface area (Å²) in [6.07, 6.45) is 0.540. The molecule has 0 radical (unpaired) electrons. The number of anilines is 2. The fourth-order valence-electron chi connectivity index (χ4n) is 2.53. The summed E-state index contributed by atoms with van der Waals surface area (Å²) in [7, 11) is 1.47. The Balaban J connectivity index is 1.72. The van der Waals surface area contributed by atoms with Gasteiger partial charge in [0, 0.05) is 10.7 Å². The summed E-state index contributed by atoms with van der Waals surface area (Å²) in [6.45, 7) is 1.58. The summed E-state index contributed by atoms with van der Waals surface area (Å²) < 4.78 is 16.0. The number of ether oxygens (including phenoxy) is 2. The third-order valence-electron chi connectivity index (χ3n) is 4.03. The van der Waals surface area contributed by atoms with Crippen molar-refractivity contribution in [3.05, 3.63) is 70.6 Å². The lowest BCUT2D eigenvalue weighted by Gasteiger charge is -2.17. The monoisotopic (exact) mass is 448 g/mol. The van der Waals surface area contributed by atoms with Gasteiger partial charge in [-0.3, -0.25) is 9.59 Å². The molecule has 30 heavy (non-hydrogen) atoms. The van der Waals surface area contributed by atoms with Crippen LogP contribution in [0.5, 0.6) is 11.5 Å². The topological polar surface area (TPSA) is 89.8 Å². The molecule has 1 aromatic heterocycles. The molecule has 0 saturated heterocycles. The molecule has 2 aromatic carbocycles. The fraction of sp³-hybridized carbons (Fsp3) is 0.143. The van der Waals surface area contributed by atoms with Crippen LogP contribution >= 0.6 is 23.2 Å². The van der Waals surface area contributed by atoms with Crippen LogP contribution in [0.25, 0.3) is 0 Å². The normalized spacial score (nSPS) is 11.5. The molecule has 9 heteroatoms. The van der Waals surface area contributed by atoms with Crippen molar-refractivity contribution in [1.29, 1.82) is 0 Å². The van der Waals surface area contributed by atoms with Crippen LogP contribution in [0.3, 0.4) is 0 Å². The van der Waals surface area contributed by atoms with Gasteiger partial charge >= 0.3 is 0 Å². The fourth-order valence-corrected chi connectivity index (χ4v) is 2.99. The zero-order chi connectivity index (χ0) is 21.7. The summed E-state index contributed by atoms with van der Waals surface area (Å²) in [6, 6.07) is 12.7. The highest BCUT2D eigenvalue weighted by molar-refractivity contribution is 6.35. The number of rotatable bonds is 7. The van der Waals surface area contributed by atoms with Gasteiger partial charge in [-0.25, -0.2) is 0 Å². The second kappa shape index (κ2) is 9.56. The maximum atomic E-state index is 12.6. The Morgan fingerprint density at radius 3 is 2.47 bits per heavy atom. The summed E-state index contributed by atoms with van der Waals surface area (Å²) in [5.41, 5.74) is 0.805. The first-order chi connectivity index (χ1) is 14.4. The number of carbonyl (C=O) groups is 2. The van der Waals surface area contributed by atoms with Crippen LogP contribution < -0.4 is 20.1 Å². The second-order valence-electron chi connectivity index (χ2n) is 6.17. The number of hydrogen-bond donors (Lipinski definition) is 2. The van der Waals surface area contributed by atoms with Crippen LogP contribution in [0, 0.1) is 0 Å². The molecule has 156 valence electrons. The molecule has 0 fully saturated rings. The van der Waals surface area contributed by atoms with Gasteiger partial charge in [0.05, 0.1) is 24.1 Å². The Morgan fingerprint density at radius 1 is 1.03 bits per heavy atom. The van der Waals surface area contributed by atoms with Gasteiger partial charge in [0.15, 0.2) is 11.9 Å². The lowest BCUT2D eigenvalue weighted by Crippen LogP contribution is -2.30. The minimum atomic E-state index is -0.866. The van der Waals surface area contributed by atoms with Crippen LogP contribution in [-0.4, -0.2) is 25.0 Å². The Hall–Kier alpha value is -3.16. The molecule has 0 spiro atoms. The van der Waals surface area contributed by atoms with Crippen LogP contribution in [0.2, 0.25) is 10.0 Å². The highest BCUT2D eigenvalue weighted by Gasteiger charge is 2.19. The first kappa shape index (κ1) is 21.5. The Bertz CT molecular complexity index is 1050. The van der Waals surface area contributed by atoms with E-state index in [2.05, 4.69) is 10.6 Å². The smallest absolute Gasteiger partial charge is 0.291 e. The van der Waals surface area contributed by atoms with E-state index >= 15 is 0 Å². The van der Waals surface area contributed by atoms with Crippen LogP contribution in [-0.2, 0) is 4.79 Å². The average Bonchev–Trinajstić information content (AvgIpc) is 3.25. The van der Waals surface area contributed by atoms with Crippen LogP contribution in [0.1, 0.15) is 17.5 Å². The number of amides is 2. The van der Waals surface area contributed by atoms with E-state index in [1.54, 1.807) is 49.4 Å². The molecule has 0 aliphatic rings. The summed E-state index contributed by atoms with van der Waals surface area (Å²) in [5, 5.41) is 6.17. The second-order valence-corrected chi connectivity index (χ2v) is 7.01. The van der Waals surface area contributed by atoms with Crippen molar-refractivity contribution in [2.24, 2.45) is 0 Å². The van der Waals surface area contributed by atoms with Gasteiger partial charge in [0.25, 0.3) is 11.8 Å². The highest BCUT2D eigenvalue weighted by Crippen LogP contribution is 2.30. The van der Waals surface area contributed by atoms with Crippen molar-refractivity contribution in [1.82, 2.24) is 0 Å². The molecule has 7 nitrogen and oxygen atoms in total. The van der Waals surface area contributed by atoms with Gasteiger partial charge in [0.1, 0.15) is 11.5 Å². The lowest BCUT2D eigenvalue weighted by atomic mass is 10.2. The first-order valence-corrected chi connectivity index (χ1v) is 9.58. The van der Waals surface area contributed by atoms with Crippen molar-refractivity contribution < 1.29 is 23.5 Å². The van der Waals surface area contributed by atoms with Crippen molar-refractivity contribution >= 4 is 46.4 Å². The molecule has 1 atom stereocenters. The quantitative estimate of drug-likeness (QED) is 0.514. The van der Waals surface area contributed by atoms with Gasteiger partial charge in [-0.15, -0.1) is 0 Å². The van der Waals surface area contributed by atoms with E-state index < -0.39 is 17.9 Å². The predicted octanol–water partition coefficient (Wildman–Crippen LogP) is 5.25. The summed E-state index contributed by atoms with van der Waals surface area (Å²) in [4.78, 5) is 24.8. The maximum absolute atomic E-state index is 12.6. The van der Waals surface area contributed by atoms with Crippen LogP contribution in [0.15, 0.2) is 59.2 Å². The number of nitrogens with one attached hydrogen (secondary N) is 2. The summed E-state index contributed by atoms with van der Waals surface area (Å²) in [5.74, 6) is 0.0508. The van der Waals surface area contributed by atoms with Crippen LogP contribution in [0.4, 0.5) is 11.4 Å². The molecule has 0 saturated carbocycles. The molecule has 3 rings (SSSR count). The maximum Gasteiger partial charge on any atom is 0.291 e. The standard InChI is InChI=1S/C21H18Cl2N2O5/c1-12(30-17-7-5-13(22)10-15(17)23)20(26)25-16-11-14(6-8-18(16)28-2)24-21(27)19-4-3-9-29-19/h3-12H,1-2H3,(H,24,27)(H,25,26)/t12-/m0/s1. The van der Waals surface area contributed by atoms with Crippen molar-refractivity contribution in [3.63, 3.8) is 0 Å². The molecule has 2 amide bonds. The molecule has 1 heterocycles. The number of halogens is 2. The van der Waals surface area contributed by atoms with Gasteiger partial charge in [-0.2, -0.15) is 0 Å². The zero-order valence-corrected chi connectivity index (χ0v) is 17.6. The number of methoxy groups -OCH3 is 1. The SMILES string of the molecule is COc1ccc(NC(=O)c2ccco2)cc1NC(=O)[C@H](C)Oc1ccc(Cl)cc1Cl. The van der Waals surface area contributed by atoms with Gasteiger partial charge < -0.3 is 24.5 Å². The van der Waals surface area contributed by atoms with Gasteiger partial charge in [-0.05, 0) is 55.5 Å². The molecule has 0 aliphatic heterocycles. The largest absolute Gasteiger partial charge is 0.495 e. The van der Waals surface area contributed by atoms with E-state index in [0.29, 0.717) is 32.9 Å². The number of furan rings is 1. The van der Waals surface area contributed by atoms with E-state index in [9.17, 15) is 9.59 Å². The number of carbonyl (C=O) groups excluding carboxylic acids is 2. The lowest BCUT2D eigenvalue weighted by molar-refractivity contribution is -0.122. The number of benzene rings is 2. The first-order valence-electron chi connectivity index (χ1n) is 8.83. The van der Waals surface area contributed by atoms with Crippen molar-refractivity contribution in [2.75, 3.05) is 17.7 Å². The Morgan fingerprint density at radius 2 is 1.80 bits per heavy atom. The van der Waals surface area contributed by atoms with E-state index in [0.717, 1.165) is 0 Å². The predicted molar refractivity (Wildman–Crippen MR) is 115 cm³/mol. The van der Waals surface area contributed by atoms with Crippen molar-refractivity contribution in [3.8, 4) is 11.5 Å². The van der Waals surface area contributed by atoms with Gasteiger partial charge in [-0.1, -0.05) is 23.2 Å². The third-order valence-corrected chi connectivity index (χ3v) is 4.56. The van der Waals surface area contributed by atoms with E-state index in [1.807, 2.05) is 0 Å². The van der Waals surface area contributed by atoms with Crippen molar-refractivity contribution in [2.45, 2.75) is 13.0 Å². The molecular weight excluding hydrogens is 431 g/mol. The highest BCUT2D eigenvalue weighted by atomic mass is 35.5. The minimum absolute atomic E-state index is 0.165. The average molecular weight is 449 g/mol. The minimum Gasteiger partial charge on any atom is -0.495 e. The summed E-state index contributed by atoms with van der Waals surface area (Å²) >= 11 is 12.0. The molecule has 0 aliphatic carbocycles. The molecule has 2 N–H and O–H groups in total. The van der Waals surface area contributed by atoms with Gasteiger partial charge in [0.2, 0.25) is 0 Å². The molecule has 0 bridgehead atoms. The number of hydrogen-bond acceptors (Lipinski definition) is 5. The van der Waals surface area contributed by atoms with E-state index in [4.69, 9.17) is 37.1 Å². The Kier molecular flexibility index (Phi) is 6.87. The molecule has 3 aromatic rings. The molecule has 0 unspecified atom stereocenters. The van der Waals surface area contributed by atoms with E-state index in [1.165, 1.54) is 19.4 Å². The third kappa shape index (κ3) is 5.25.